The maximum Gasteiger partial charge on any atom is 0.248 e. The first-order valence-electron chi connectivity index (χ1n) is 6.20. The average molecular weight is 390 g/mol. The lowest BCUT2D eigenvalue weighted by molar-refractivity contribution is 0.584. The van der Waals surface area contributed by atoms with Gasteiger partial charge in [-0.25, -0.2) is 0 Å². The lowest BCUT2D eigenvalue weighted by Crippen LogP contribution is -1.89. The van der Waals surface area contributed by atoms with Gasteiger partial charge in [0.1, 0.15) is 0 Å². The van der Waals surface area contributed by atoms with Gasteiger partial charge in [0.2, 0.25) is 11.8 Å². The summed E-state index contributed by atoms with van der Waals surface area (Å²) >= 11 is 23.8. The molecule has 0 saturated carbocycles. The molecule has 3 rings (SSSR count). The summed E-state index contributed by atoms with van der Waals surface area (Å²) in [6.07, 6.45) is 0. The number of hydrogen-bond donors (Lipinski definition) is 2. The Labute approximate surface area is 151 Å². The van der Waals surface area contributed by atoms with Crippen molar-refractivity contribution in [1.82, 2.24) is 10.2 Å². The quantitative estimate of drug-likeness (QED) is 0.589. The number of halogens is 4. The molecule has 0 unspecified atom stereocenters. The standard InChI is InChI=1S/C14H8Cl4N4O/c15-7-1-5(3-9(19)11(7)17)13-21-22-14(23-13)6-2-8(16)12(18)10(20)4-6/h1-4H,19-20H2. The summed E-state index contributed by atoms with van der Waals surface area (Å²) < 4.78 is 5.62. The Kier molecular flexibility index (Phi) is 4.29. The number of hydrogen-bond acceptors (Lipinski definition) is 5. The predicted molar refractivity (Wildman–Crippen MR) is 94.0 cm³/mol. The van der Waals surface area contributed by atoms with Crippen molar-refractivity contribution in [3.63, 3.8) is 0 Å². The van der Waals surface area contributed by atoms with Crippen LogP contribution < -0.4 is 11.5 Å². The Bertz CT molecular complexity index is 792. The van der Waals surface area contributed by atoms with Gasteiger partial charge in [0.25, 0.3) is 0 Å². The van der Waals surface area contributed by atoms with Crippen LogP contribution in [0.1, 0.15) is 0 Å². The molecule has 0 aliphatic rings. The maximum atomic E-state index is 6.00. The smallest absolute Gasteiger partial charge is 0.248 e. The number of rotatable bonds is 2. The summed E-state index contributed by atoms with van der Waals surface area (Å²) in [5.74, 6) is 0.463. The van der Waals surface area contributed by atoms with Gasteiger partial charge in [-0.1, -0.05) is 46.4 Å². The lowest BCUT2D eigenvalue weighted by atomic mass is 10.2. The number of nitrogens with two attached hydrogens (primary N) is 2. The van der Waals surface area contributed by atoms with Gasteiger partial charge in [0.15, 0.2) is 0 Å². The zero-order chi connectivity index (χ0) is 16.7. The second-order valence-electron chi connectivity index (χ2n) is 4.63. The largest absolute Gasteiger partial charge is 0.416 e. The van der Waals surface area contributed by atoms with Gasteiger partial charge in [-0.15, -0.1) is 10.2 Å². The fourth-order valence-corrected chi connectivity index (χ4v) is 2.60. The van der Waals surface area contributed by atoms with Crippen LogP contribution in [0.2, 0.25) is 20.1 Å². The van der Waals surface area contributed by atoms with E-state index in [4.69, 9.17) is 62.3 Å². The summed E-state index contributed by atoms with van der Waals surface area (Å²) in [5.41, 5.74) is 13.3. The highest BCUT2D eigenvalue weighted by atomic mass is 35.5. The molecular formula is C14H8Cl4N4O. The monoisotopic (exact) mass is 388 g/mol. The molecule has 1 heterocycles. The Morgan fingerprint density at radius 3 is 1.43 bits per heavy atom. The van der Waals surface area contributed by atoms with Gasteiger partial charge in [-0.3, -0.25) is 0 Å². The van der Waals surface area contributed by atoms with E-state index in [0.29, 0.717) is 32.5 Å². The second-order valence-corrected chi connectivity index (χ2v) is 6.21. The van der Waals surface area contributed by atoms with E-state index in [1.165, 1.54) is 0 Å². The van der Waals surface area contributed by atoms with Crippen molar-refractivity contribution in [2.45, 2.75) is 0 Å². The van der Waals surface area contributed by atoms with E-state index >= 15 is 0 Å². The van der Waals surface area contributed by atoms with E-state index in [1.54, 1.807) is 24.3 Å². The minimum absolute atomic E-state index is 0.231. The molecule has 0 amide bonds. The SMILES string of the molecule is Nc1cc(-c2nnc(-c3cc(N)c(Cl)c(Cl)c3)o2)cc(Cl)c1Cl. The first kappa shape index (κ1) is 16.2. The van der Waals surface area contributed by atoms with E-state index in [0.717, 1.165) is 0 Å². The molecule has 4 N–H and O–H groups in total. The maximum absolute atomic E-state index is 6.00. The third-order valence-electron chi connectivity index (χ3n) is 3.03. The molecule has 118 valence electrons. The predicted octanol–water partition coefficient (Wildman–Crippen LogP) is 5.18. The van der Waals surface area contributed by atoms with E-state index in [2.05, 4.69) is 10.2 Å². The van der Waals surface area contributed by atoms with Gasteiger partial charge >= 0.3 is 0 Å². The van der Waals surface area contributed by atoms with E-state index in [-0.39, 0.29) is 21.8 Å². The van der Waals surface area contributed by atoms with Crippen LogP contribution in [0, 0.1) is 0 Å². The zero-order valence-corrected chi connectivity index (χ0v) is 14.3. The first-order chi connectivity index (χ1) is 10.9. The van der Waals surface area contributed by atoms with E-state index in [9.17, 15) is 0 Å². The summed E-state index contributed by atoms with van der Waals surface area (Å²) in [4.78, 5) is 0. The van der Waals surface area contributed by atoms with E-state index < -0.39 is 0 Å². The average Bonchev–Trinajstić information content (AvgIpc) is 2.99. The fourth-order valence-electron chi connectivity index (χ4n) is 1.92. The van der Waals surface area contributed by atoms with Crippen molar-refractivity contribution in [3.8, 4) is 22.9 Å². The molecule has 0 fully saturated rings. The number of nitrogen functional groups attached to an aromatic ring is 2. The second kappa shape index (κ2) is 6.09. The molecule has 5 nitrogen and oxygen atoms in total. The normalized spacial score (nSPS) is 11.0. The summed E-state index contributed by atoms with van der Waals surface area (Å²) in [6, 6.07) is 6.35. The lowest BCUT2D eigenvalue weighted by Gasteiger charge is -2.04. The van der Waals surface area contributed by atoms with Crippen LogP contribution in [0.15, 0.2) is 28.7 Å². The Hall–Kier alpha value is -1.66. The molecule has 0 saturated heterocycles. The molecule has 2 aromatic carbocycles. The topological polar surface area (TPSA) is 91.0 Å². The van der Waals surface area contributed by atoms with Crippen molar-refractivity contribution in [2.75, 3.05) is 11.5 Å². The first-order valence-corrected chi connectivity index (χ1v) is 7.71. The van der Waals surface area contributed by atoms with Crippen LogP contribution in [-0.4, -0.2) is 10.2 Å². The van der Waals surface area contributed by atoms with E-state index in [1.807, 2.05) is 0 Å². The minimum Gasteiger partial charge on any atom is -0.416 e. The van der Waals surface area contributed by atoms with Gasteiger partial charge < -0.3 is 15.9 Å². The highest BCUT2D eigenvalue weighted by Gasteiger charge is 2.15. The molecule has 3 aromatic rings. The molecule has 0 radical (unpaired) electrons. The van der Waals surface area contributed by atoms with Crippen molar-refractivity contribution in [1.29, 1.82) is 0 Å². The minimum atomic E-state index is 0.231. The van der Waals surface area contributed by atoms with Gasteiger partial charge in [0.05, 0.1) is 31.5 Å². The Morgan fingerprint density at radius 2 is 1.09 bits per heavy atom. The van der Waals surface area contributed by atoms with Gasteiger partial charge in [0, 0.05) is 11.1 Å². The number of benzene rings is 2. The van der Waals surface area contributed by atoms with Crippen LogP contribution in [0.5, 0.6) is 0 Å². The molecule has 9 heteroatoms. The van der Waals surface area contributed by atoms with Gasteiger partial charge in [-0.2, -0.15) is 0 Å². The van der Waals surface area contributed by atoms with Crippen LogP contribution >= 0.6 is 46.4 Å². The zero-order valence-electron chi connectivity index (χ0n) is 11.3. The highest BCUT2D eigenvalue weighted by Crippen LogP contribution is 2.36. The summed E-state index contributed by atoms with van der Waals surface area (Å²) in [5, 5.41) is 9.06. The summed E-state index contributed by atoms with van der Waals surface area (Å²) in [7, 11) is 0. The molecule has 0 aliphatic carbocycles. The third kappa shape index (κ3) is 3.05. The van der Waals surface area contributed by atoms with Crippen molar-refractivity contribution >= 4 is 57.8 Å². The van der Waals surface area contributed by atoms with Crippen LogP contribution in [0.25, 0.3) is 22.9 Å². The summed E-state index contributed by atoms with van der Waals surface area (Å²) in [6.45, 7) is 0. The van der Waals surface area contributed by atoms with Crippen molar-refractivity contribution in [2.24, 2.45) is 0 Å². The van der Waals surface area contributed by atoms with Crippen molar-refractivity contribution in [3.05, 3.63) is 44.4 Å². The molecule has 23 heavy (non-hydrogen) atoms. The molecule has 0 aliphatic heterocycles. The number of anilines is 2. The fraction of sp³-hybridized carbons (Fsp3) is 0. The Balaban J connectivity index is 2.04. The third-order valence-corrected chi connectivity index (χ3v) is 4.66. The molecule has 1 aromatic heterocycles. The molecule has 0 spiro atoms. The van der Waals surface area contributed by atoms with Crippen molar-refractivity contribution < 1.29 is 4.42 Å². The highest BCUT2D eigenvalue weighted by molar-refractivity contribution is 6.44. The molecule has 0 bridgehead atoms. The Morgan fingerprint density at radius 1 is 0.696 bits per heavy atom. The molecule has 0 atom stereocenters. The van der Waals surface area contributed by atoms with Crippen LogP contribution in [0.3, 0.4) is 0 Å². The van der Waals surface area contributed by atoms with Crippen LogP contribution in [-0.2, 0) is 0 Å². The van der Waals surface area contributed by atoms with Crippen LogP contribution in [0.4, 0.5) is 11.4 Å². The molecular weight excluding hydrogens is 382 g/mol. The van der Waals surface area contributed by atoms with Gasteiger partial charge in [-0.05, 0) is 24.3 Å². The number of nitrogens with zero attached hydrogens (tertiary/aromatic N) is 2. The number of aromatic nitrogens is 2.